The Hall–Kier alpha value is -3.26. The first-order valence-electron chi connectivity index (χ1n) is 10.1. The van der Waals surface area contributed by atoms with Crippen molar-refractivity contribution in [3.8, 4) is 0 Å². The second-order valence-electron chi connectivity index (χ2n) is 7.23. The summed E-state index contributed by atoms with van der Waals surface area (Å²) in [7, 11) is 0. The molecule has 1 spiro atoms. The maximum atomic E-state index is 14.6. The lowest BCUT2D eigenvalue weighted by Crippen LogP contribution is -2.48. The van der Waals surface area contributed by atoms with Crippen molar-refractivity contribution in [3.05, 3.63) is 102 Å². The standard InChI is InChI=1S/C24H21F2N3O2S/c1-3-5-19-21(4-2)31-13-10-24(19)29(22(30)14-16-8-11-27-12-9-16)28-23(32-24)18-15-17(25)6-7-20(18)26/h3-9,11-12,15H,2,10,13-14H2,1H3/b5-3-. The van der Waals surface area contributed by atoms with E-state index in [2.05, 4.69) is 16.7 Å². The van der Waals surface area contributed by atoms with Crippen LogP contribution in [-0.4, -0.2) is 32.4 Å². The number of carbonyl (C=O) groups is 1. The molecule has 0 aliphatic carbocycles. The van der Waals surface area contributed by atoms with Crippen LogP contribution in [0.1, 0.15) is 24.5 Å². The van der Waals surface area contributed by atoms with Gasteiger partial charge in [-0.25, -0.2) is 13.8 Å². The number of benzene rings is 1. The molecule has 164 valence electrons. The van der Waals surface area contributed by atoms with E-state index in [4.69, 9.17) is 4.74 Å². The van der Waals surface area contributed by atoms with Gasteiger partial charge >= 0.3 is 0 Å². The molecule has 2 aliphatic rings. The molecule has 3 heterocycles. The molecular weight excluding hydrogens is 432 g/mol. The van der Waals surface area contributed by atoms with Gasteiger partial charge in [0.05, 0.1) is 13.0 Å². The van der Waals surface area contributed by atoms with Crippen LogP contribution in [0.5, 0.6) is 0 Å². The molecule has 0 saturated carbocycles. The fourth-order valence-electron chi connectivity index (χ4n) is 3.75. The minimum Gasteiger partial charge on any atom is -0.493 e. The Balaban J connectivity index is 1.83. The lowest BCUT2D eigenvalue weighted by atomic mass is 9.97. The van der Waals surface area contributed by atoms with Crippen LogP contribution >= 0.6 is 11.8 Å². The molecule has 0 radical (unpaired) electrons. The van der Waals surface area contributed by atoms with Crippen molar-refractivity contribution in [2.75, 3.05) is 6.61 Å². The Labute approximate surface area is 189 Å². The van der Waals surface area contributed by atoms with Crippen molar-refractivity contribution in [3.63, 3.8) is 0 Å². The third-order valence-electron chi connectivity index (χ3n) is 5.20. The molecule has 0 N–H and O–H groups in total. The van der Waals surface area contributed by atoms with Gasteiger partial charge in [-0.1, -0.05) is 30.5 Å². The number of hydrogen-bond acceptors (Lipinski definition) is 5. The Morgan fingerprint density at radius 2 is 2.09 bits per heavy atom. The van der Waals surface area contributed by atoms with E-state index in [9.17, 15) is 13.6 Å². The number of nitrogens with zero attached hydrogens (tertiary/aromatic N) is 3. The van der Waals surface area contributed by atoms with Crippen molar-refractivity contribution in [2.45, 2.75) is 24.6 Å². The number of allylic oxidation sites excluding steroid dienone is 2. The largest absolute Gasteiger partial charge is 0.493 e. The van der Waals surface area contributed by atoms with Gasteiger partial charge in [-0.2, -0.15) is 5.10 Å². The van der Waals surface area contributed by atoms with Gasteiger partial charge in [0, 0.05) is 30.0 Å². The van der Waals surface area contributed by atoms with Crippen LogP contribution in [0.2, 0.25) is 0 Å². The molecule has 4 rings (SSSR count). The van der Waals surface area contributed by atoms with Gasteiger partial charge in [-0.3, -0.25) is 9.78 Å². The maximum absolute atomic E-state index is 14.6. The number of ether oxygens (including phenoxy) is 1. The smallest absolute Gasteiger partial charge is 0.248 e. The summed E-state index contributed by atoms with van der Waals surface area (Å²) in [6, 6.07) is 6.72. The molecule has 8 heteroatoms. The number of hydrazone groups is 1. The number of amides is 1. The van der Waals surface area contributed by atoms with Crippen molar-refractivity contribution in [2.24, 2.45) is 5.10 Å². The number of hydrogen-bond donors (Lipinski definition) is 0. The first-order chi connectivity index (χ1) is 15.5. The number of rotatable bonds is 5. The Bertz CT molecular complexity index is 1150. The van der Waals surface area contributed by atoms with Crippen LogP contribution < -0.4 is 0 Å². The molecule has 0 bridgehead atoms. The second kappa shape index (κ2) is 9.08. The lowest BCUT2D eigenvalue weighted by molar-refractivity contribution is -0.133. The van der Waals surface area contributed by atoms with Gasteiger partial charge in [0.25, 0.3) is 0 Å². The quantitative estimate of drug-likeness (QED) is 0.641. The van der Waals surface area contributed by atoms with Gasteiger partial charge in [0.15, 0.2) is 0 Å². The number of thioether (sulfide) groups is 1. The molecule has 0 saturated heterocycles. The monoisotopic (exact) mass is 453 g/mol. The van der Waals surface area contributed by atoms with E-state index in [0.717, 1.165) is 23.8 Å². The minimum atomic E-state index is -0.966. The average Bonchev–Trinajstić information content (AvgIpc) is 3.17. The molecule has 2 aliphatic heterocycles. The number of carbonyl (C=O) groups excluding carboxylic acids is 1. The van der Waals surface area contributed by atoms with E-state index in [1.165, 1.54) is 16.8 Å². The number of halogens is 2. The summed E-state index contributed by atoms with van der Waals surface area (Å²) in [5.74, 6) is -0.936. The summed E-state index contributed by atoms with van der Waals surface area (Å²) in [5.41, 5.74) is 1.49. The van der Waals surface area contributed by atoms with Crippen LogP contribution in [0.4, 0.5) is 8.78 Å². The van der Waals surface area contributed by atoms with E-state index in [-0.39, 0.29) is 22.9 Å². The van der Waals surface area contributed by atoms with E-state index in [0.29, 0.717) is 24.4 Å². The summed E-state index contributed by atoms with van der Waals surface area (Å²) in [4.78, 5) is 16.5. The van der Waals surface area contributed by atoms with E-state index >= 15 is 0 Å². The molecule has 1 unspecified atom stereocenters. The zero-order chi connectivity index (χ0) is 22.7. The van der Waals surface area contributed by atoms with Gasteiger partial charge in [-0.15, -0.1) is 0 Å². The van der Waals surface area contributed by atoms with Crippen molar-refractivity contribution >= 4 is 22.7 Å². The highest BCUT2D eigenvalue weighted by Crippen LogP contribution is 2.51. The van der Waals surface area contributed by atoms with Crippen LogP contribution in [0.3, 0.4) is 0 Å². The molecule has 0 fully saturated rings. The summed E-state index contributed by atoms with van der Waals surface area (Å²) in [5, 5.41) is 6.14. The van der Waals surface area contributed by atoms with E-state index < -0.39 is 16.5 Å². The molecule has 1 amide bonds. The third-order valence-corrected chi connectivity index (χ3v) is 6.63. The molecule has 5 nitrogen and oxygen atoms in total. The van der Waals surface area contributed by atoms with Gasteiger partial charge in [0.1, 0.15) is 27.3 Å². The number of aromatic nitrogens is 1. The first-order valence-corrected chi connectivity index (χ1v) is 10.9. The molecule has 1 atom stereocenters. The topological polar surface area (TPSA) is 54.8 Å². The maximum Gasteiger partial charge on any atom is 0.248 e. The highest BCUT2D eigenvalue weighted by molar-refractivity contribution is 8.16. The Morgan fingerprint density at radius 3 is 2.81 bits per heavy atom. The zero-order valence-corrected chi connectivity index (χ0v) is 18.2. The van der Waals surface area contributed by atoms with E-state index in [1.54, 1.807) is 30.6 Å². The SMILES string of the molecule is C=CC1=C(/C=C\C)C2(CCO1)SC(c1cc(F)ccc1F)=NN2C(=O)Cc1ccncc1. The first kappa shape index (κ1) is 22.0. The Kier molecular flexibility index (Phi) is 6.23. The van der Waals surface area contributed by atoms with Crippen LogP contribution in [0.25, 0.3) is 0 Å². The fourth-order valence-corrected chi connectivity index (χ4v) is 5.15. The zero-order valence-electron chi connectivity index (χ0n) is 17.4. The molecule has 1 aromatic heterocycles. The van der Waals surface area contributed by atoms with Crippen molar-refractivity contribution < 1.29 is 18.3 Å². The minimum absolute atomic E-state index is 0.0139. The van der Waals surface area contributed by atoms with Gasteiger partial charge in [-0.05, 0) is 48.9 Å². The molecule has 32 heavy (non-hydrogen) atoms. The molecule has 2 aromatic rings. The van der Waals surface area contributed by atoms with Crippen LogP contribution in [0, 0.1) is 11.6 Å². The average molecular weight is 454 g/mol. The van der Waals surface area contributed by atoms with E-state index in [1.807, 2.05) is 19.1 Å². The molecular formula is C24H21F2N3O2S. The normalized spacial score (nSPS) is 20.6. The molecule has 1 aromatic carbocycles. The predicted molar refractivity (Wildman–Crippen MR) is 121 cm³/mol. The third kappa shape index (κ3) is 3.98. The number of pyridine rings is 1. The highest BCUT2D eigenvalue weighted by Gasteiger charge is 2.52. The fraction of sp³-hybridized carbons (Fsp3) is 0.208. The predicted octanol–water partition coefficient (Wildman–Crippen LogP) is 4.97. The summed E-state index contributed by atoms with van der Waals surface area (Å²) >= 11 is 1.22. The Morgan fingerprint density at radius 1 is 1.31 bits per heavy atom. The van der Waals surface area contributed by atoms with Crippen molar-refractivity contribution in [1.82, 2.24) is 9.99 Å². The summed E-state index contributed by atoms with van der Waals surface area (Å²) < 4.78 is 34.3. The lowest BCUT2D eigenvalue weighted by Gasteiger charge is -2.40. The van der Waals surface area contributed by atoms with Gasteiger partial charge < -0.3 is 4.74 Å². The highest BCUT2D eigenvalue weighted by atomic mass is 32.2. The van der Waals surface area contributed by atoms with Gasteiger partial charge in [0.2, 0.25) is 5.91 Å². The summed E-state index contributed by atoms with van der Waals surface area (Å²) in [6.07, 6.45) is 9.00. The van der Waals surface area contributed by atoms with Crippen LogP contribution in [-0.2, 0) is 16.0 Å². The van der Waals surface area contributed by atoms with Crippen LogP contribution in [0.15, 0.2) is 84.0 Å². The summed E-state index contributed by atoms with van der Waals surface area (Å²) in [6.45, 7) is 6.00. The second-order valence-corrected chi connectivity index (χ2v) is 8.50. The van der Waals surface area contributed by atoms with Crippen molar-refractivity contribution in [1.29, 1.82) is 0 Å².